The number of methoxy groups -OCH3 is 1. The Bertz CT molecular complexity index is 1160. The van der Waals surface area contributed by atoms with Gasteiger partial charge in [-0.2, -0.15) is 0 Å². The fourth-order valence-corrected chi connectivity index (χ4v) is 4.29. The summed E-state index contributed by atoms with van der Waals surface area (Å²) >= 11 is 17.9. The number of nitrogens with zero attached hydrogens (tertiary/aromatic N) is 2. The van der Waals surface area contributed by atoms with Crippen LogP contribution in [0, 0.1) is 0 Å². The van der Waals surface area contributed by atoms with Gasteiger partial charge in [-0.15, -0.1) is 0 Å². The molecule has 0 saturated heterocycles. The molecule has 1 aromatic heterocycles. The fourth-order valence-electron chi connectivity index (χ4n) is 2.31. The summed E-state index contributed by atoms with van der Waals surface area (Å²) in [4.78, 5) is 16.0. The molecule has 28 heavy (non-hydrogen) atoms. The number of rotatable bonds is 5. The van der Waals surface area contributed by atoms with E-state index in [4.69, 9.17) is 39.5 Å². The predicted octanol–water partition coefficient (Wildman–Crippen LogP) is 3.96. The van der Waals surface area contributed by atoms with Crippen molar-refractivity contribution in [3.05, 3.63) is 69.7 Å². The van der Waals surface area contributed by atoms with Crippen LogP contribution in [-0.2, 0) is 10.0 Å². The molecule has 7 nitrogen and oxygen atoms in total. The third kappa shape index (κ3) is 4.25. The Morgan fingerprint density at radius 1 is 1.11 bits per heavy atom. The summed E-state index contributed by atoms with van der Waals surface area (Å²) in [6, 6.07) is 8.87. The Morgan fingerprint density at radius 2 is 1.86 bits per heavy atom. The van der Waals surface area contributed by atoms with Crippen molar-refractivity contribution in [1.82, 2.24) is 14.3 Å². The molecule has 0 aliphatic rings. The van der Waals surface area contributed by atoms with Crippen molar-refractivity contribution < 1.29 is 17.9 Å². The molecule has 1 heterocycles. The summed E-state index contributed by atoms with van der Waals surface area (Å²) in [5.41, 5.74) is 0.393. The molecule has 3 aromatic rings. The number of imidazole rings is 1. The van der Waals surface area contributed by atoms with Gasteiger partial charge in [0.25, 0.3) is 15.9 Å². The zero-order valence-electron chi connectivity index (χ0n) is 14.2. The minimum Gasteiger partial charge on any atom is -0.497 e. The van der Waals surface area contributed by atoms with Crippen molar-refractivity contribution in [1.29, 1.82) is 0 Å². The van der Waals surface area contributed by atoms with Crippen LogP contribution in [0.15, 0.2) is 53.8 Å². The van der Waals surface area contributed by atoms with Gasteiger partial charge in [-0.05, 0) is 30.3 Å². The lowest BCUT2D eigenvalue weighted by molar-refractivity contribution is 0.0977. The molecule has 11 heteroatoms. The van der Waals surface area contributed by atoms with Crippen LogP contribution >= 0.6 is 34.8 Å². The zero-order chi connectivity index (χ0) is 20.5. The molecule has 0 spiro atoms. The number of benzene rings is 2. The molecule has 3 rings (SSSR count). The maximum atomic E-state index is 12.5. The van der Waals surface area contributed by atoms with Gasteiger partial charge in [-0.25, -0.2) is 18.1 Å². The van der Waals surface area contributed by atoms with Gasteiger partial charge >= 0.3 is 0 Å². The molecule has 0 aliphatic heterocycles. The SMILES string of the molecule is COc1ccc(Cl)c(S(=O)(=O)NC(=O)c2cn(-c3ccc(Cl)cc3Cl)cn2)c1. The van der Waals surface area contributed by atoms with E-state index in [0.29, 0.717) is 15.7 Å². The minimum atomic E-state index is -4.24. The largest absolute Gasteiger partial charge is 0.497 e. The van der Waals surface area contributed by atoms with Gasteiger partial charge in [-0.3, -0.25) is 4.79 Å². The van der Waals surface area contributed by atoms with E-state index in [0.717, 1.165) is 0 Å². The first-order valence-corrected chi connectivity index (χ1v) is 10.2. The number of carbonyl (C=O) groups is 1. The zero-order valence-corrected chi connectivity index (χ0v) is 17.3. The molecular weight excluding hydrogens is 449 g/mol. The van der Waals surface area contributed by atoms with Crippen LogP contribution in [0.3, 0.4) is 0 Å². The lowest BCUT2D eigenvalue weighted by Gasteiger charge is -2.09. The van der Waals surface area contributed by atoms with E-state index < -0.39 is 15.9 Å². The van der Waals surface area contributed by atoms with E-state index >= 15 is 0 Å². The first kappa shape index (κ1) is 20.5. The highest BCUT2D eigenvalue weighted by molar-refractivity contribution is 7.90. The number of carbonyl (C=O) groups excluding carboxylic acids is 1. The number of nitrogens with one attached hydrogen (secondary N) is 1. The van der Waals surface area contributed by atoms with Crippen LogP contribution in [-0.4, -0.2) is 31.0 Å². The lowest BCUT2D eigenvalue weighted by Crippen LogP contribution is -2.31. The summed E-state index contributed by atoms with van der Waals surface area (Å²) in [5.74, 6) is -0.651. The number of hydrogen-bond donors (Lipinski definition) is 1. The molecule has 0 radical (unpaired) electrons. The second kappa shape index (κ2) is 8.00. The van der Waals surface area contributed by atoms with Crippen molar-refractivity contribution in [2.75, 3.05) is 7.11 Å². The smallest absolute Gasteiger partial charge is 0.285 e. The Kier molecular flexibility index (Phi) is 5.85. The second-order valence-electron chi connectivity index (χ2n) is 5.49. The van der Waals surface area contributed by atoms with Gasteiger partial charge in [-0.1, -0.05) is 34.8 Å². The van der Waals surface area contributed by atoms with Crippen molar-refractivity contribution in [3.63, 3.8) is 0 Å². The van der Waals surface area contributed by atoms with Crippen LogP contribution in [0.4, 0.5) is 0 Å². The third-order valence-electron chi connectivity index (χ3n) is 3.66. The Morgan fingerprint density at radius 3 is 2.54 bits per heavy atom. The van der Waals surface area contributed by atoms with Crippen molar-refractivity contribution in [2.45, 2.75) is 4.90 Å². The van der Waals surface area contributed by atoms with Crippen LogP contribution < -0.4 is 9.46 Å². The number of sulfonamides is 1. The summed E-state index contributed by atoms with van der Waals surface area (Å²) < 4.78 is 33.5. The molecule has 0 atom stereocenters. The third-order valence-corrected chi connectivity index (χ3v) is 6.01. The fraction of sp³-hybridized carbons (Fsp3) is 0.0588. The molecule has 1 amide bonds. The molecule has 0 bridgehead atoms. The number of amides is 1. The van der Waals surface area contributed by atoms with Gasteiger partial charge in [0, 0.05) is 17.3 Å². The number of ether oxygens (including phenoxy) is 1. The van der Waals surface area contributed by atoms with Crippen LogP contribution in [0.25, 0.3) is 5.69 Å². The first-order valence-electron chi connectivity index (χ1n) is 7.61. The van der Waals surface area contributed by atoms with E-state index in [1.165, 1.54) is 48.5 Å². The van der Waals surface area contributed by atoms with Crippen molar-refractivity contribution in [3.8, 4) is 11.4 Å². The number of aromatic nitrogens is 2. The van der Waals surface area contributed by atoms with E-state index in [-0.39, 0.29) is 21.4 Å². The van der Waals surface area contributed by atoms with Gasteiger partial charge < -0.3 is 9.30 Å². The first-order chi connectivity index (χ1) is 13.2. The molecule has 2 aromatic carbocycles. The summed E-state index contributed by atoms with van der Waals surface area (Å²) in [6.07, 6.45) is 2.67. The Hall–Kier alpha value is -2.26. The summed E-state index contributed by atoms with van der Waals surface area (Å²) in [7, 11) is -2.86. The maximum Gasteiger partial charge on any atom is 0.285 e. The number of hydrogen-bond acceptors (Lipinski definition) is 5. The number of halogens is 3. The normalized spacial score (nSPS) is 11.3. The highest BCUT2D eigenvalue weighted by atomic mass is 35.5. The molecule has 1 N–H and O–H groups in total. The Balaban J connectivity index is 1.86. The highest BCUT2D eigenvalue weighted by Gasteiger charge is 2.23. The maximum absolute atomic E-state index is 12.5. The summed E-state index contributed by atoms with van der Waals surface area (Å²) in [5, 5.41) is 0.736. The predicted molar refractivity (Wildman–Crippen MR) is 106 cm³/mol. The monoisotopic (exact) mass is 459 g/mol. The van der Waals surface area contributed by atoms with Gasteiger partial charge in [0.15, 0.2) is 0 Å². The lowest BCUT2D eigenvalue weighted by atomic mass is 10.3. The van der Waals surface area contributed by atoms with E-state index in [9.17, 15) is 13.2 Å². The molecule has 0 unspecified atom stereocenters. The average molecular weight is 461 g/mol. The average Bonchev–Trinajstić information content (AvgIpc) is 3.11. The summed E-state index contributed by atoms with van der Waals surface area (Å²) in [6.45, 7) is 0. The highest BCUT2D eigenvalue weighted by Crippen LogP contribution is 2.27. The van der Waals surface area contributed by atoms with Gasteiger partial charge in [0.2, 0.25) is 0 Å². The van der Waals surface area contributed by atoms with Gasteiger partial charge in [0.05, 0.1) is 22.8 Å². The van der Waals surface area contributed by atoms with Crippen LogP contribution in [0.2, 0.25) is 15.1 Å². The van der Waals surface area contributed by atoms with Crippen molar-refractivity contribution >= 4 is 50.7 Å². The molecule has 0 fully saturated rings. The van der Waals surface area contributed by atoms with Crippen LogP contribution in [0.1, 0.15) is 10.5 Å². The minimum absolute atomic E-state index is 0.0559. The van der Waals surface area contributed by atoms with Crippen LogP contribution in [0.5, 0.6) is 5.75 Å². The Labute approximate surface area is 175 Å². The van der Waals surface area contributed by atoms with Crippen molar-refractivity contribution in [2.24, 2.45) is 0 Å². The van der Waals surface area contributed by atoms with E-state index in [2.05, 4.69) is 4.98 Å². The molecular formula is C17H12Cl3N3O4S. The molecule has 146 valence electrons. The van der Waals surface area contributed by atoms with E-state index in [1.54, 1.807) is 12.1 Å². The van der Waals surface area contributed by atoms with E-state index in [1.807, 2.05) is 4.72 Å². The topological polar surface area (TPSA) is 90.3 Å². The van der Waals surface area contributed by atoms with Gasteiger partial charge in [0.1, 0.15) is 22.7 Å². The molecule has 0 saturated carbocycles. The molecule has 0 aliphatic carbocycles. The second-order valence-corrected chi connectivity index (χ2v) is 8.39. The quantitative estimate of drug-likeness (QED) is 0.622. The standard InChI is InChI=1S/C17H12Cl3N3O4S/c1-27-11-3-4-12(19)16(7-11)28(25,26)22-17(24)14-8-23(9-21-14)15-5-2-10(18)6-13(15)20/h2-9H,1H3,(H,22,24).